The van der Waals surface area contributed by atoms with Crippen molar-refractivity contribution in [2.45, 2.75) is 6.54 Å². The fourth-order valence-electron chi connectivity index (χ4n) is 3.67. The molecule has 1 aromatic heterocycles. The lowest BCUT2D eigenvalue weighted by Crippen LogP contribution is -2.32. The topological polar surface area (TPSA) is 89.9 Å². The van der Waals surface area contributed by atoms with E-state index < -0.39 is 11.1 Å². The van der Waals surface area contributed by atoms with Crippen molar-refractivity contribution in [3.63, 3.8) is 0 Å². The van der Waals surface area contributed by atoms with Gasteiger partial charge in [0.1, 0.15) is 24.7 Å². The normalized spacial score (nSPS) is 14.8. The number of hydrogen-bond acceptors (Lipinski definition) is 6. The zero-order valence-corrected chi connectivity index (χ0v) is 21.7. The number of nitrogens with zero attached hydrogens (tertiary/aromatic N) is 2. The Kier molecular flexibility index (Phi) is 8.44. The Hall–Kier alpha value is -3.15. The van der Waals surface area contributed by atoms with Crippen LogP contribution in [0.3, 0.4) is 0 Å². The number of carbonyl (C=O) groups is 3. The van der Waals surface area contributed by atoms with Crippen molar-refractivity contribution < 1.29 is 28.2 Å². The first-order chi connectivity index (χ1) is 17.4. The Bertz CT molecular complexity index is 1330. The van der Waals surface area contributed by atoms with Gasteiger partial charge in [-0.25, -0.2) is 4.39 Å². The molecule has 0 aliphatic carbocycles. The second kappa shape index (κ2) is 11.7. The van der Waals surface area contributed by atoms with Crippen LogP contribution in [0, 0.1) is 5.82 Å². The largest absolute Gasteiger partial charge is 0.492 e. The van der Waals surface area contributed by atoms with Gasteiger partial charge < -0.3 is 19.4 Å². The number of amides is 3. The molecular weight excluding hydrogens is 553 g/mol. The second-order valence-electron chi connectivity index (χ2n) is 7.85. The minimum Gasteiger partial charge on any atom is -0.492 e. The van der Waals surface area contributed by atoms with Gasteiger partial charge in [-0.1, -0.05) is 15.9 Å². The van der Waals surface area contributed by atoms with Crippen molar-refractivity contribution in [1.82, 2.24) is 14.8 Å². The van der Waals surface area contributed by atoms with Crippen LogP contribution in [0.15, 0.2) is 58.0 Å². The van der Waals surface area contributed by atoms with Gasteiger partial charge in [0.25, 0.3) is 11.1 Å². The molecule has 8 nitrogen and oxygen atoms in total. The van der Waals surface area contributed by atoms with Crippen LogP contribution in [0.4, 0.5) is 9.18 Å². The molecule has 1 aliphatic rings. The second-order valence-corrected chi connectivity index (χ2v) is 9.76. The van der Waals surface area contributed by atoms with Gasteiger partial charge in [-0.15, -0.1) is 0 Å². The molecule has 1 saturated heterocycles. The number of methoxy groups -OCH3 is 1. The van der Waals surface area contributed by atoms with Crippen LogP contribution in [0.5, 0.6) is 5.75 Å². The summed E-state index contributed by atoms with van der Waals surface area (Å²) in [5.74, 6) is -0.511. The van der Waals surface area contributed by atoms with Gasteiger partial charge in [-0.2, -0.15) is 0 Å². The number of thioether (sulfide) groups is 1. The Labute approximate surface area is 219 Å². The molecule has 11 heteroatoms. The molecular formula is C25H23BrFN3O5S. The Morgan fingerprint density at radius 1 is 1.17 bits per heavy atom. The standard InChI is InChI=1S/C25H23BrFN3O5S/c1-34-10-8-28-23(31)15-29-14-16(20-13-17(26)2-7-21(20)29)12-22-24(32)30(25(33)36-22)9-11-35-19-5-3-18(27)4-6-19/h2-7,12-14H,8-11,15H2,1H3,(H,28,31)/b22-12-. The van der Waals surface area contributed by atoms with Crippen LogP contribution in [0.1, 0.15) is 5.56 Å². The number of benzene rings is 2. The summed E-state index contributed by atoms with van der Waals surface area (Å²) in [6, 6.07) is 11.2. The monoisotopic (exact) mass is 575 g/mol. The number of aromatic nitrogens is 1. The van der Waals surface area contributed by atoms with Crippen LogP contribution in [-0.4, -0.2) is 59.9 Å². The van der Waals surface area contributed by atoms with Crippen molar-refractivity contribution in [3.8, 4) is 5.75 Å². The molecule has 0 atom stereocenters. The van der Waals surface area contributed by atoms with Crippen molar-refractivity contribution in [2.24, 2.45) is 0 Å². The zero-order valence-electron chi connectivity index (χ0n) is 19.3. The molecule has 3 amide bonds. The molecule has 1 N–H and O–H groups in total. The first kappa shape index (κ1) is 25.9. The minimum atomic E-state index is -0.416. The minimum absolute atomic E-state index is 0.0638. The van der Waals surface area contributed by atoms with Crippen molar-refractivity contribution >= 4 is 61.7 Å². The fraction of sp³-hybridized carbons (Fsp3) is 0.240. The summed E-state index contributed by atoms with van der Waals surface area (Å²) in [7, 11) is 1.57. The van der Waals surface area contributed by atoms with Crippen molar-refractivity contribution in [2.75, 3.05) is 33.4 Å². The van der Waals surface area contributed by atoms with E-state index in [1.807, 2.05) is 18.2 Å². The number of halogens is 2. The van der Waals surface area contributed by atoms with Crippen LogP contribution in [0.2, 0.25) is 0 Å². The van der Waals surface area contributed by atoms with Crippen molar-refractivity contribution in [3.05, 3.63) is 69.4 Å². The Morgan fingerprint density at radius 3 is 2.69 bits per heavy atom. The number of hydrogen-bond donors (Lipinski definition) is 1. The molecule has 0 bridgehead atoms. The highest BCUT2D eigenvalue weighted by atomic mass is 79.9. The summed E-state index contributed by atoms with van der Waals surface area (Å²) in [6.07, 6.45) is 3.46. The molecule has 1 fully saturated rings. The van der Waals surface area contributed by atoms with E-state index in [0.717, 1.165) is 32.0 Å². The predicted octanol–water partition coefficient (Wildman–Crippen LogP) is 4.42. The fourth-order valence-corrected chi connectivity index (χ4v) is 4.88. The summed E-state index contributed by atoms with van der Waals surface area (Å²) >= 11 is 4.33. The van der Waals surface area contributed by atoms with Crippen LogP contribution in [-0.2, 0) is 20.9 Å². The van der Waals surface area contributed by atoms with Crippen molar-refractivity contribution in [1.29, 1.82) is 0 Å². The van der Waals surface area contributed by atoms with Crippen LogP contribution in [0.25, 0.3) is 17.0 Å². The lowest BCUT2D eigenvalue weighted by atomic mass is 10.1. The highest BCUT2D eigenvalue weighted by molar-refractivity contribution is 9.10. The number of fused-ring (bicyclic) bond motifs is 1. The number of rotatable bonds is 10. The Balaban J connectivity index is 1.50. The highest BCUT2D eigenvalue weighted by Crippen LogP contribution is 2.34. The summed E-state index contributed by atoms with van der Waals surface area (Å²) in [5, 5.41) is 3.24. The molecule has 2 aromatic carbocycles. The molecule has 4 rings (SSSR count). The van der Waals surface area contributed by atoms with E-state index in [0.29, 0.717) is 24.5 Å². The van der Waals surface area contributed by atoms with Gasteiger partial charge in [-0.05, 0) is 60.3 Å². The lowest BCUT2D eigenvalue weighted by molar-refractivity contribution is -0.123. The predicted molar refractivity (Wildman–Crippen MR) is 139 cm³/mol. The molecule has 188 valence electrons. The number of imide groups is 1. The third kappa shape index (κ3) is 6.15. The van der Waals surface area contributed by atoms with E-state index in [9.17, 15) is 18.8 Å². The third-order valence-electron chi connectivity index (χ3n) is 5.37. The summed E-state index contributed by atoms with van der Waals surface area (Å²) in [5.41, 5.74) is 1.53. The maximum atomic E-state index is 13.0. The van der Waals surface area contributed by atoms with E-state index in [2.05, 4.69) is 21.2 Å². The third-order valence-corrected chi connectivity index (χ3v) is 6.77. The molecule has 1 aliphatic heterocycles. The van der Waals surface area contributed by atoms with Gasteiger partial charge in [0.2, 0.25) is 5.91 Å². The van der Waals surface area contributed by atoms with Gasteiger partial charge in [-0.3, -0.25) is 19.3 Å². The van der Waals surface area contributed by atoms with E-state index >= 15 is 0 Å². The first-order valence-electron chi connectivity index (χ1n) is 11.0. The molecule has 3 aromatic rings. The van der Waals surface area contributed by atoms with Crippen LogP contribution >= 0.6 is 27.7 Å². The maximum Gasteiger partial charge on any atom is 0.293 e. The van der Waals surface area contributed by atoms with E-state index in [4.69, 9.17) is 9.47 Å². The van der Waals surface area contributed by atoms with Gasteiger partial charge >= 0.3 is 0 Å². The lowest BCUT2D eigenvalue weighted by Gasteiger charge is -2.13. The summed E-state index contributed by atoms with van der Waals surface area (Å²) in [4.78, 5) is 39.2. The Morgan fingerprint density at radius 2 is 1.94 bits per heavy atom. The molecule has 0 unspecified atom stereocenters. The number of carbonyl (C=O) groups excluding carboxylic acids is 3. The molecule has 2 heterocycles. The quantitative estimate of drug-likeness (QED) is 0.284. The average Bonchev–Trinajstić information content (AvgIpc) is 3.31. The summed E-state index contributed by atoms with van der Waals surface area (Å²) in [6.45, 7) is 1.07. The average molecular weight is 576 g/mol. The number of nitrogens with one attached hydrogen (secondary N) is 1. The smallest absolute Gasteiger partial charge is 0.293 e. The van der Waals surface area contributed by atoms with Gasteiger partial charge in [0.15, 0.2) is 0 Å². The number of ether oxygens (including phenoxy) is 2. The maximum absolute atomic E-state index is 13.0. The van der Waals surface area contributed by atoms with Crippen LogP contribution < -0.4 is 10.1 Å². The van der Waals surface area contributed by atoms with E-state index in [1.54, 1.807) is 23.9 Å². The summed E-state index contributed by atoms with van der Waals surface area (Å²) < 4.78 is 26.2. The first-order valence-corrected chi connectivity index (χ1v) is 12.6. The SMILES string of the molecule is COCCNC(=O)Cn1cc(/C=C2\SC(=O)N(CCOc3ccc(F)cc3)C2=O)c2cc(Br)ccc21. The molecule has 0 radical (unpaired) electrons. The van der Waals surface area contributed by atoms with E-state index in [-0.39, 0.29) is 36.3 Å². The zero-order chi connectivity index (χ0) is 25.7. The molecule has 0 spiro atoms. The molecule has 0 saturated carbocycles. The van der Waals surface area contributed by atoms with E-state index in [1.165, 1.54) is 24.3 Å². The highest BCUT2D eigenvalue weighted by Gasteiger charge is 2.35. The van der Waals surface area contributed by atoms with Gasteiger partial charge in [0, 0.05) is 40.8 Å². The van der Waals surface area contributed by atoms with Gasteiger partial charge in [0.05, 0.1) is 18.1 Å². The molecule has 36 heavy (non-hydrogen) atoms.